The number of nitrogens with zero attached hydrogens (tertiary/aromatic N) is 3. The topological polar surface area (TPSA) is 114 Å². The molecule has 4 rings (SSSR count). The Bertz CT molecular complexity index is 973. The highest BCUT2D eigenvalue weighted by molar-refractivity contribution is 5.78. The van der Waals surface area contributed by atoms with E-state index in [1.807, 2.05) is 36.5 Å². The van der Waals surface area contributed by atoms with Crippen LogP contribution in [0, 0.1) is 0 Å². The molecular weight excluding hydrogens is 433 g/mol. The molecule has 0 radical (unpaired) electrons. The largest absolute Gasteiger partial charge is 0.490 e. The second-order valence-electron chi connectivity index (χ2n) is 7.14. The number of fused-ring (bicyclic) bond motifs is 2. The number of halogens is 3. The molecule has 1 fully saturated rings. The first-order chi connectivity index (χ1) is 15.1. The van der Waals surface area contributed by atoms with Crippen molar-refractivity contribution < 1.29 is 37.3 Å². The van der Waals surface area contributed by atoms with Crippen LogP contribution in [0.15, 0.2) is 36.5 Å². The van der Waals surface area contributed by atoms with Crippen LogP contribution in [0.2, 0.25) is 0 Å². The minimum absolute atomic E-state index is 0.0203. The van der Waals surface area contributed by atoms with Crippen LogP contribution in [-0.4, -0.2) is 64.8 Å². The number of anilines is 2. The van der Waals surface area contributed by atoms with Crippen LogP contribution in [0.4, 0.5) is 24.8 Å². The van der Waals surface area contributed by atoms with Gasteiger partial charge in [-0.25, -0.2) is 14.8 Å². The van der Waals surface area contributed by atoms with Gasteiger partial charge >= 0.3 is 12.1 Å². The number of nitrogens with one attached hydrogen (secondary N) is 1. The highest BCUT2D eigenvalue weighted by Crippen LogP contribution is 2.42. The summed E-state index contributed by atoms with van der Waals surface area (Å²) >= 11 is 0. The van der Waals surface area contributed by atoms with Gasteiger partial charge in [0.15, 0.2) is 0 Å². The van der Waals surface area contributed by atoms with Gasteiger partial charge in [0.05, 0.1) is 18.8 Å². The maximum absolute atomic E-state index is 12.1. The summed E-state index contributed by atoms with van der Waals surface area (Å²) in [5, 5.41) is 10.3. The van der Waals surface area contributed by atoms with Gasteiger partial charge in [0.25, 0.3) is 0 Å². The molecule has 1 unspecified atom stereocenters. The van der Waals surface area contributed by atoms with Gasteiger partial charge in [0, 0.05) is 37.5 Å². The Labute approximate surface area is 181 Å². The second kappa shape index (κ2) is 9.49. The Morgan fingerprint density at radius 1 is 1.31 bits per heavy atom. The molecule has 9 nitrogen and oxygen atoms in total. The molecule has 1 aromatic carbocycles. The van der Waals surface area contributed by atoms with Gasteiger partial charge in [-0.1, -0.05) is 18.2 Å². The Kier molecular flexibility index (Phi) is 6.94. The third kappa shape index (κ3) is 5.32. The lowest BCUT2D eigenvalue weighted by atomic mass is 9.98. The minimum atomic E-state index is -5.08. The van der Waals surface area contributed by atoms with Gasteiger partial charge in [0.2, 0.25) is 11.9 Å². The molecule has 2 aromatic rings. The van der Waals surface area contributed by atoms with Crippen molar-refractivity contribution in [1.82, 2.24) is 14.9 Å². The number of carbonyl (C=O) groups excluding carboxylic acids is 1. The van der Waals surface area contributed by atoms with Crippen LogP contribution >= 0.6 is 0 Å². The lowest BCUT2D eigenvalue weighted by Crippen LogP contribution is -2.36. The maximum Gasteiger partial charge on any atom is 0.490 e. The zero-order valence-electron chi connectivity index (χ0n) is 17.1. The summed E-state index contributed by atoms with van der Waals surface area (Å²) in [6.45, 7) is 1.72. The molecule has 2 aliphatic rings. The summed E-state index contributed by atoms with van der Waals surface area (Å²) in [4.78, 5) is 31.9. The molecule has 1 saturated heterocycles. The van der Waals surface area contributed by atoms with Gasteiger partial charge in [-0.3, -0.25) is 4.79 Å². The van der Waals surface area contributed by atoms with Crippen LogP contribution in [0.25, 0.3) is 0 Å². The Balaban J connectivity index is 0.000000360. The van der Waals surface area contributed by atoms with Gasteiger partial charge in [-0.15, -0.1) is 0 Å². The molecule has 1 atom stereocenters. The molecule has 172 valence electrons. The predicted molar refractivity (Wildman–Crippen MR) is 105 cm³/mol. The molecule has 2 N–H and O–H groups in total. The number of amides is 1. The minimum Gasteiger partial charge on any atom is -0.475 e. The van der Waals surface area contributed by atoms with Crippen molar-refractivity contribution in [3.8, 4) is 0 Å². The zero-order chi connectivity index (χ0) is 23.4. The van der Waals surface area contributed by atoms with E-state index in [9.17, 15) is 18.0 Å². The molecular formula is C20H21F3N4O5. The number of benzene rings is 1. The lowest BCUT2D eigenvalue weighted by Gasteiger charge is -2.24. The first-order valence-electron chi connectivity index (χ1n) is 9.54. The third-order valence-electron chi connectivity index (χ3n) is 4.92. The fraction of sp³-hybridized carbons (Fsp3) is 0.400. The van der Waals surface area contributed by atoms with Crippen molar-refractivity contribution in [2.75, 3.05) is 32.1 Å². The Morgan fingerprint density at radius 3 is 2.62 bits per heavy atom. The summed E-state index contributed by atoms with van der Waals surface area (Å²) in [5.41, 5.74) is 2.27. The highest BCUT2D eigenvalue weighted by Gasteiger charge is 2.48. The molecule has 3 heterocycles. The number of aliphatic carboxylic acids is 1. The van der Waals surface area contributed by atoms with Crippen molar-refractivity contribution in [2.45, 2.75) is 24.8 Å². The van der Waals surface area contributed by atoms with Crippen LogP contribution in [-0.2, 0) is 31.3 Å². The second-order valence-corrected chi connectivity index (χ2v) is 7.14. The van der Waals surface area contributed by atoms with Crippen molar-refractivity contribution in [1.29, 1.82) is 0 Å². The van der Waals surface area contributed by atoms with E-state index in [0.29, 0.717) is 25.6 Å². The maximum atomic E-state index is 12.1. The van der Waals surface area contributed by atoms with Gasteiger partial charge < -0.3 is 24.8 Å². The summed E-state index contributed by atoms with van der Waals surface area (Å²) < 4.78 is 42.8. The number of carboxylic acid groups (broad SMARTS) is 1. The summed E-state index contributed by atoms with van der Waals surface area (Å²) in [7, 11) is 1.53. The molecule has 32 heavy (non-hydrogen) atoms. The fourth-order valence-corrected chi connectivity index (χ4v) is 3.42. The number of carboxylic acids is 1. The van der Waals surface area contributed by atoms with Crippen molar-refractivity contribution in [3.63, 3.8) is 0 Å². The van der Waals surface area contributed by atoms with Crippen LogP contribution in [0.3, 0.4) is 0 Å². The third-order valence-corrected chi connectivity index (χ3v) is 4.92. The van der Waals surface area contributed by atoms with Gasteiger partial charge in [0.1, 0.15) is 12.2 Å². The van der Waals surface area contributed by atoms with E-state index in [0.717, 1.165) is 23.4 Å². The number of rotatable bonds is 4. The standard InChI is InChI=1S/C18H20N4O3.C2HF3O2/c1-24-11-15(23)22-8-7-18(12-22)16-13(10-25-18)9-19-17(21-16)20-14-5-3-2-4-6-14;3-2(4,5)1(6)7/h2-6,9H,7-8,10-12H2,1H3,(H,19,20,21);(H,6,7). The number of hydrogen-bond acceptors (Lipinski definition) is 7. The zero-order valence-corrected chi connectivity index (χ0v) is 17.1. The Hall–Kier alpha value is -3.25. The van der Waals surface area contributed by atoms with E-state index in [1.165, 1.54) is 7.11 Å². The molecule has 0 aliphatic carbocycles. The molecule has 0 saturated carbocycles. The number of likely N-dealkylation sites (tertiary alicyclic amines) is 1. The highest BCUT2D eigenvalue weighted by atomic mass is 19.4. The molecule has 0 bridgehead atoms. The normalized spacial score (nSPS) is 19.3. The number of alkyl halides is 3. The van der Waals surface area contributed by atoms with E-state index in [4.69, 9.17) is 24.4 Å². The summed E-state index contributed by atoms with van der Waals surface area (Å²) in [6.07, 6.45) is -2.54. The predicted octanol–water partition coefficient (Wildman–Crippen LogP) is 2.46. The van der Waals surface area contributed by atoms with E-state index in [-0.39, 0.29) is 12.5 Å². The van der Waals surface area contributed by atoms with E-state index in [1.54, 1.807) is 4.90 Å². The first-order valence-corrected chi connectivity index (χ1v) is 9.54. The number of carbonyl (C=O) groups is 2. The van der Waals surface area contributed by atoms with Gasteiger partial charge in [-0.05, 0) is 12.1 Å². The number of ether oxygens (including phenoxy) is 2. The summed E-state index contributed by atoms with van der Waals surface area (Å²) in [6, 6.07) is 9.79. The fourth-order valence-electron chi connectivity index (χ4n) is 3.42. The van der Waals surface area contributed by atoms with Crippen LogP contribution < -0.4 is 5.32 Å². The summed E-state index contributed by atoms with van der Waals surface area (Å²) in [5.74, 6) is -2.24. The quantitative estimate of drug-likeness (QED) is 0.724. The molecule has 12 heteroatoms. The molecule has 1 aromatic heterocycles. The van der Waals surface area contributed by atoms with E-state index >= 15 is 0 Å². The first kappa shape index (κ1) is 23.4. The Morgan fingerprint density at radius 2 is 2.00 bits per heavy atom. The molecule has 1 amide bonds. The van der Waals surface area contributed by atoms with Crippen molar-refractivity contribution in [3.05, 3.63) is 47.8 Å². The van der Waals surface area contributed by atoms with Crippen molar-refractivity contribution in [2.24, 2.45) is 0 Å². The average molecular weight is 454 g/mol. The van der Waals surface area contributed by atoms with Crippen LogP contribution in [0.5, 0.6) is 0 Å². The van der Waals surface area contributed by atoms with E-state index in [2.05, 4.69) is 10.3 Å². The van der Waals surface area contributed by atoms with E-state index < -0.39 is 17.7 Å². The van der Waals surface area contributed by atoms with Gasteiger partial charge in [-0.2, -0.15) is 13.2 Å². The number of aromatic nitrogens is 2. The lowest BCUT2D eigenvalue weighted by molar-refractivity contribution is -0.192. The van der Waals surface area contributed by atoms with Crippen molar-refractivity contribution >= 4 is 23.5 Å². The smallest absolute Gasteiger partial charge is 0.475 e. The van der Waals surface area contributed by atoms with Crippen LogP contribution in [0.1, 0.15) is 17.7 Å². The number of para-hydroxylation sites is 1. The molecule has 1 spiro atoms. The SMILES string of the molecule is COCC(=O)N1CCC2(C1)OCc1cnc(Nc3ccccc3)nc12.O=C(O)C(F)(F)F. The average Bonchev–Trinajstić information content (AvgIpc) is 3.34. The monoisotopic (exact) mass is 454 g/mol. The number of hydrogen-bond donors (Lipinski definition) is 2. The molecule has 2 aliphatic heterocycles. The number of methoxy groups -OCH3 is 1.